The zero-order chi connectivity index (χ0) is 16.8. The quantitative estimate of drug-likeness (QED) is 0.462. The second kappa shape index (κ2) is 5.60. The minimum Gasteiger partial charge on any atom is -0.375 e. The van der Waals surface area contributed by atoms with Crippen LogP contribution in [0.1, 0.15) is 29.5 Å². The number of para-hydroxylation sites is 1. The highest BCUT2D eigenvalue weighted by molar-refractivity contribution is 6.32. The number of nitrogens with zero attached hydrogens (tertiary/aromatic N) is 1. The number of halogens is 2. The Morgan fingerprint density at radius 1 is 1.29 bits per heavy atom. The Labute approximate surface area is 143 Å². The molecule has 0 bridgehead atoms. The summed E-state index contributed by atoms with van der Waals surface area (Å²) in [6.07, 6.45) is 5.03. The van der Waals surface area contributed by atoms with Gasteiger partial charge >= 0.3 is 0 Å². The van der Waals surface area contributed by atoms with E-state index in [0.717, 1.165) is 17.5 Å². The Morgan fingerprint density at radius 2 is 2.12 bits per heavy atom. The number of nitro groups is 1. The van der Waals surface area contributed by atoms with Crippen LogP contribution in [0.25, 0.3) is 0 Å². The van der Waals surface area contributed by atoms with E-state index < -0.39 is 4.92 Å². The highest BCUT2D eigenvalue weighted by atomic mass is 35.5. The minimum atomic E-state index is -0.492. The molecular formula is C18H14ClFN2O2. The number of hydrogen-bond acceptors (Lipinski definition) is 3. The lowest BCUT2D eigenvalue weighted by Crippen LogP contribution is -2.29. The van der Waals surface area contributed by atoms with E-state index in [1.807, 2.05) is 6.07 Å². The average molecular weight is 345 g/mol. The van der Waals surface area contributed by atoms with Crippen molar-refractivity contribution in [3.05, 3.63) is 80.6 Å². The van der Waals surface area contributed by atoms with Crippen molar-refractivity contribution in [1.82, 2.24) is 0 Å². The SMILES string of the molecule is O=[N+]([O-])c1cc([C@@H]2Nc3c(F)cccc3[C@H]3C=CC[C@@H]32)ccc1Cl. The summed E-state index contributed by atoms with van der Waals surface area (Å²) < 4.78 is 14.3. The van der Waals surface area contributed by atoms with Crippen molar-refractivity contribution in [3.8, 4) is 0 Å². The first-order valence-corrected chi connectivity index (χ1v) is 8.09. The molecule has 0 aromatic heterocycles. The molecule has 0 saturated heterocycles. The molecular weight excluding hydrogens is 331 g/mol. The predicted molar refractivity (Wildman–Crippen MR) is 90.9 cm³/mol. The second-order valence-corrected chi connectivity index (χ2v) is 6.55. The molecule has 0 unspecified atom stereocenters. The van der Waals surface area contributed by atoms with Crippen molar-refractivity contribution in [2.75, 3.05) is 5.32 Å². The van der Waals surface area contributed by atoms with Gasteiger partial charge in [-0.05, 0) is 35.6 Å². The predicted octanol–water partition coefficient (Wildman–Crippen LogP) is 5.21. The second-order valence-electron chi connectivity index (χ2n) is 6.15. The van der Waals surface area contributed by atoms with E-state index >= 15 is 0 Å². The largest absolute Gasteiger partial charge is 0.375 e. The van der Waals surface area contributed by atoms with Gasteiger partial charge in [-0.3, -0.25) is 10.1 Å². The van der Waals surface area contributed by atoms with E-state index in [1.165, 1.54) is 18.2 Å². The number of nitrogens with one attached hydrogen (secondary N) is 1. The van der Waals surface area contributed by atoms with Gasteiger partial charge in [0.2, 0.25) is 0 Å². The Balaban J connectivity index is 1.81. The number of anilines is 1. The molecule has 4 nitrogen and oxygen atoms in total. The van der Waals surface area contributed by atoms with Crippen molar-refractivity contribution in [2.45, 2.75) is 18.4 Å². The van der Waals surface area contributed by atoms with Crippen molar-refractivity contribution >= 4 is 23.0 Å². The van der Waals surface area contributed by atoms with Crippen molar-refractivity contribution in [1.29, 1.82) is 0 Å². The lowest BCUT2D eigenvalue weighted by molar-refractivity contribution is -0.384. The van der Waals surface area contributed by atoms with Crippen LogP contribution in [0.3, 0.4) is 0 Å². The van der Waals surface area contributed by atoms with Gasteiger partial charge in [-0.2, -0.15) is 0 Å². The molecule has 2 aromatic carbocycles. The van der Waals surface area contributed by atoms with Gasteiger partial charge in [0.1, 0.15) is 10.8 Å². The third-order valence-corrected chi connectivity index (χ3v) is 5.19. The molecule has 3 atom stereocenters. The molecule has 1 aliphatic carbocycles. The van der Waals surface area contributed by atoms with Gasteiger partial charge in [0.05, 0.1) is 16.7 Å². The summed E-state index contributed by atoms with van der Waals surface area (Å²) in [7, 11) is 0. The third-order valence-electron chi connectivity index (χ3n) is 4.87. The molecule has 0 saturated carbocycles. The standard InChI is InChI=1S/C18H14ClFN2O2/c19-14-8-7-10(9-16(14)22(23)24)17-12-4-1-3-11(12)13-5-2-6-15(20)18(13)21-17/h1-3,5-9,11-12,17,21H,4H2/t11-,12-,17-/m0/s1. The monoisotopic (exact) mass is 344 g/mol. The Hall–Kier alpha value is -2.40. The molecule has 122 valence electrons. The van der Waals surface area contributed by atoms with E-state index in [1.54, 1.807) is 12.1 Å². The van der Waals surface area contributed by atoms with E-state index in [-0.39, 0.29) is 34.4 Å². The van der Waals surface area contributed by atoms with Crippen LogP contribution in [0.5, 0.6) is 0 Å². The molecule has 2 aromatic rings. The molecule has 1 aliphatic heterocycles. The number of hydrogen-bond donors (Lipinski definition) is 1. The summed E-state index contributed by atoms with van der Waals surface area (Å²) in [4.78, 5) is 10.7. The average Bonchev–Trinajstić information content (AvgIpc) is 3.05. The first kappa shape index (κ1) is 15.1. The molecule has 0 radical (unpaired) electrons. The zero-order valence-corrected chi connectivity index (χ0v) is 13.3. The fraction of sp³-hybridized carbons (Fsp3) is 0.222. The number of benzene rings is 2. The van der Waals surface area contributed by atoms with Gasteiger partial charge in [-0.1, -0.05) is 42.0 Å². The van der Waals surface area contributed by atoms with Crippen LogP contribution in [0.15, 0.2) is 48.6 Å². The lowest BCUT2D eigenvalue weighted by Gasteiger charge is -2.37. The third kappa shape index (κ3) is 2.27. The number of rotatable bonds is 2. The molecule has 1 N–H and O–H groups in total. The summed E-state index contributed by atoms with van der Waals surface area (Å²) in [5.74, 6) is -0.00326. The zero-order valence-electron chi connectivity index (χ0n) is 12.6. The van der Waals surface area contributed by atoms with Crippen molar-refractivity contribution in [3.63, 3.8) is 0 Å². The molecule has 2 aliphatic rings. The normalized spacial score (nSPS) is 24.2. The van der Waals surface area contributed by atoms with Crippen LogP contribution in [-0.2, 0) is 0 Å². The molecule has 24 heavy (non-hydrogen) atoms. The van der Waals surface area contributed by atoms with E-state index in [0.29, 0.717) is 5.69 Å². The van der Waals surface area contributed by atoms with E-state index in [9.17, 15) is 14.5 Å². The van der Waals surface area contributed by atoms with Crippen LogP contribution < -0.4 is 5.32 Å². The van der Waals surface area contributed by atoms with Gasteiger partial charge in [0.25, 0.3) is 5.69 Å². The van der Waals surface area contributed by atoms with Crippen LogP contribution in [0.2, 0.25) is 5.02 Å². The first-order valence-electron chi connectivity index (χ1n) is 7.71. The Kier molecular flexibility index (Phi) is 3.53. The van der Waals surface area contributed by atoms with Gasteiger partial charge in [-0.25, -0.2) is 4.39 Å². The highest BCUT2D eigenvalue weighted by Crippen LogP contribution is 2.50. The van der Waals surface area contributed by atoms with Crippen LogP contribution in [0, 0.1) is 21.8 Å². The summed E-state index contributed by atoms with van der Waals surface area (Å²) in [6.45, 7) is 0. The van der Waals surface area contributed by atoms with Crippen molar-refractivity contribution < 1.29 is 9.31 Å². The topological polar surface area (TPSA) is 55.2 Å². The maximum absolute atomic E-state index is 14.3. The van der Waals surface area contributed by atoms with Gasteiger partial charge in [-0.15, -0.1) is 0 Å². The molecule has 0 spiro atoms. The smallest absolute Gasteiger partial charge is 0.288 e. The Morgan fingerprint density at radius 3 is 2.92 bits per heavy atom. The minimum absolute atomic E-state index is 0.104. The summed E-state index contributed by atoms with van der Waals surface area (Å²) in [6, 6.07) is 9.66. The van der Waals surface area contributed by atoms with Crippen LogP contribution in [-0.4, -0.2) is 4.92 Å². The highest BCUT2D eigenvalue weighted by Gasteiger charge is 2.39. The summed E-state index contributed by atoms with van der Waals surface area (Å²) in [5.41, 5.74) is 2.04. The molecule has 0 amide bonds. The Bertz CT molecular complexity index is 868. The number of fused-ring (bicyclic) bond motifs is 3. The molecule has 4 rings (SSSR count). The van der Waals surface area contributed by atoms with Gasteiger partial charge in [0, 0.05) is 12.0 Å². The summed E-state index contributed by atoms with van der Waals surface area (Å²) in [5, 5.41) is 14.5. The van der Waals surface area contributed by atoms with Crippen LogP contribution >= 0.6 is 11.6 Å². The van der Waals surface area contributed by atoms with E-state index in [2.05, 4.69) is 17.5 Å². The summed E-state index contributed by atoms with van der Waals surface area (Å²) >= 11 is 5.91. The molecule has 1 heterocycles. The number of allylic oxidation sites excluding steroid dienone is 2. The van der Waals surface area contributed by atoms with E-state index in [4.69, 9.17) is 11.6 Å². The van der Waals surface area contributed by atoms with Crippen LogP contribution in [0.4, 0.5) is 15.8 Å². The lowest BCUT2D eigenvalue weighted by atomic mass is 9.77. The van der Waals surface area contributed by atoms with Gasteiger partial charge < -0.3 is 5.32 Å². The molecule has 0 fully saturated rings. The fourth-order valence-electron chi connectivity index (χ4n) is 3.78. The first-order chi connectivity index (χ1) is 11.6. The number of nitro benzene ring substituents is 1. The van der Waals surface area contributed by atoms with Crippen molar-refractivity contribution in [2.24, 2.45) is 5.92 Å². The van der Waals surface area contributed by atoms with Gasteiger partial charge in [0.15, 0.2) is 0 Å². The molecule has 6 heteroatoms. The fourth-order valence-corrected chi connectivity index (χ4v) is 3.96. The maximum Gasteiger partial charge on any atom is 0.288 e. The maximum atomic E-state index is 14.3.